The van der Waals surface area contributed by atoms with Crippen molar-refractivity contribution < 1.29 is 19.8 Å². The van der Waals surface area contributed by atoms with Crippen molar-refractivity contribution in [3.8, 4) is 0 Å². The van der Waals surface area contributed by atoms with Gasteiger partial charge in [-0.25, -0.2) is 9.59 Å². The molecule has 0 aliphatic carbocycles. The molecule has 0 heterocycles. The summed E-state index contributed by atoms with van der Waals surface area (Å²) in [6.45, 7) is 4.54. The highest BCUT2D eigenvalue weighted by Gasteiger charge is 2.04. The van der Waals surface area contributed by atoms with Crippen molar-refractivity contribution >= 4 is 11.9 Å². The summed E-state index contributed by atoms with van der Waals surface area (Å²) in [5.74, 6) is -3.65. The first-order valence-electron chi connectivity index (χ1n) is 6.02. The Bertz CT molecular complexity index is 158. The SMILES string of the molecule is CCCCCCCCCC.O=C(O)C(=O)O. The van der Waals surface area contributed by atoms with Gasteiger partial charge in [0.15, 0.2) is 0 Å². The minimum absolute atomic E-state index is 1.37. The van der Waals surface area contributed by atoms with Gasteiger partial charge < -0.3 is 10.2 Å². The second-order valence-corrected chi connectivity index (χ2v) is 3.73. The standard InChI is InChI=1S/C10H22.C2H2O4/c1-3-5-7-9-10-8-6-4-2;3-1(4)2(5)6/h3-10H2,1-2H3;(H,3,4)(H,5,6). The van der Waals surface area contributed by atoms with Crippen LogP contribution in [0.2, 0.25) is 0 Å². The second-order valence-electron chi connectivity index (χ2n) is 3.73. The third-order valence-electron chi connectivity index (χ3n) is 2.14. The van der Waals surface area contributed by atoms with Crippen LogP contribution in [0.1, 0.15) is 65.2 Å². The molecule has 4 nitrogen and oxygen atoms in total. The van der Waals surface area contributed by atoms with Crippen LogP contribution in [0.3, 0.4) is 0 Å². The number of hydrogen-bond donors (Lipinski definition) is 2. The van der Waals surface area contributed by atoms with E-state index >= 15 is 0 Å². The molecule has 0 aliphatic rings. The fraction of sp³-hybridized carbons (Fsp3) is 0.833. The molecule has 0 aromatic rings. The minimum atomic E-state index is -1.82. The predicted molar refractivity (Wildman–Crippen MR) is 63.6 cm³/mol. The lowest BCUT2D eigenvalue weighted by molar-refractivity contribution is -0.159. The van der Waals surface area contributed by atoms with Gasteiger partial charge >= 0.3 is 11.9 Å². The number of unbranched alkanes of at least 4 members (excludes halogenated alkanes) is 7. The Morgan fingerprint density at radius 3 is 1.12 bits per heavy atom. The van der Waals surface area contributed by atoms with Crippen LogP contribution in [-0.2, 0) is 9.59 Å². The fourth-order valence-electron chi connectivity index (χ4n) is 1.21. The number of rotatable bonds is 7. The molecule has 0 radical (unpaired) electrons. The zero-order valence-electron chi connectivity index (χ0n) is 10.4. The first kappa shape index (κ1) is 17.3. The van der Waals surface area contributed by atoms with Crippen molar-refractivity contribution in [2.45, 2.75) is 65.2 Å². The Hall–Kier alpha value is -1.06. The molecule has 0 amide bonds. The van der Waals surface area contributed by atoms with Crippen molar-refractivity contribution in [2.24, 2.45) is 0 Å². The quantitative estimate of drug-likeness (QED) is 0.521. The van der Waals surface area contributed by atoms with Crippen molar-refractivity contribution in [3.05, 3.63) is 0 Å². The van der Waals surface area contributed by atoms with Crippen LogP contribution in [0, 0.1) is 0 Å². The summed E-state index contributed by atoms with van der Waals surface area (Å²) >= 11 is 0. The van der Waals surface area contributed by atoms with Crippen molar-refractivity contribution in [1.29, 1.82) is 0 Å². The molecule has 0 saturated carbocycles. The molecule has 0 unspecified atom stereocenters. The molecule has 0 saturated heterocycles. The normalized spacial score (nSPS) is 9.12. The molecule has 0 aromatic carbocycles. The number of aliphatic carboxylic acids is 2. The summed E-state index contributed by atoms with van der Waals surface area (Å²) < 4.78 is 0. The van der Waals surface area contributed by atoms with Gasteiger partial charge in [0.05, 0.1) is 0 Å². The third kappa shape index (κ3) is 18.7. The summed E-state index contributed by atoms with van der Waals surface area (Å²) in [5, 5.41) is 14.8. The van der Waals surface area contributed by atoms with E-state index in [9.17, 15) is 0 Å². The van der Waals surface area contributed by atoms with E-state index in [0.29, 0.717) is 0 Å². The van der Waals surface area contributed by atoms with Crippen LogP contribution in [0.15, 0.2) is 0 Å². The van der Waals surface area contributed by atoms with Gasteiger partial charge in [-0.1, -0.05) is 65.2 Å². The highest BCUT2D eigenvalue weighted by atomic mass is 16.4. The van der Waals surface area contributed by atoms with Crippen LogP contribution < -0.4 is 0 Å². The molecular weight excluding hydrogens is 208 g/mol. The molecule has 16 heavy (non-hydrogen) atoms. The molecule has 4 heteroatoms. The molecule has 96 valence electrons. The Labute approximate surface area is 97.7 Å². The third-order valence-corrected chi connectivity index (χ3v) is 2.14. The lowest BCUT2D eigenvalue weighted by Crippen LogP contribution is -2.09. The van der Waals surface area contributed by atoms with Crippen LogP contribution in [-0.4, -0.2) is 22.2 Å². The maximum absolute atomic E-state index is 9.10. The molecular formula is C12H24O4. The van der Waals surface area contributed by atoms with E-state index in [1.54, 1.807) is 0 Å². The van der Waals surface area contributed by atoms with E-state index in [2.05, 4.69) is 13.8 Å². The molecule has 0 aliphatic heterocycles. The molecule has 0 spiro atoms. The average molecular weight is 232 g/mol. The minimum Gasteiger partial charge on any atom is -0.473 e. The van der Waals surface area contributed by atoms with E-state index in [0.717, 1.165) is 0 Å². The monoisotopic (exact) mass is 232 g/mol. The smallest absolute Gasteiger partial charge is 0.414 e. The fourth-order valence-corrected chi connectivity index (χ4v) is 1.21. The average Bonchev–Trinajstić information content (AvgIpc) is 2.24. The van der Waals surface area contributed by atoms with Gasteiger partial charge in [0.1, 0.15) is 0 Å². The van der Waals surface area contributed by atoms with Crippen molar-refractivity contribution in [3.63, 3.8) is 0 Å². The lowest BCUT2D eigenvalue weighted by Gasteiger charge is -1.97. The highest BCUT2D eigenvalue weighted by molar-refractivity contribution is 6.27. The van der Waals surface area contributed by atoms with E-state index in [1.165, 1.54) is 51.4 Å². The summed E-state index contributed by atoms with van der Waals surface area (Å²) in [7, 11) is 0. The summed E-state index contributed by atoms with van der Waals surface area (Å²) in [4.78, 5) is 18.2. The molecule has 2 N–H and O–H groups in total. The van der Waals surface area contributed by atoms with Crippen LogP contribution in [0.5, 0.6) is 0 Å². The van der Waals surface area contributed by atoms with Crippen molar-refractivity contribution in [2.75, 3.05) is 0 Å². The van der Waals surface area contributed by atoms with Gasteiger partial charge in [-0.2, -0.15) is 0 Å². The van der Waals surface area contributed by atoms with E-state index < -0.39 is 11.9 Å². The van der Waals surface area contributed by atoms with Crippen LogP contribution in [0.25, 0.3) is 0 Å². The van der Waals surface area contributed by atoms with Crippen LogP contribution in [0.4, 0.5) is 0 Å². The van der Waals surface area contributed by atoms with Crippen molar-refractivity contribution in [1.82, 2.24) is 0 Å². The maximum atomic E-state index is 9.10. The van der Waals surface area contributed by atoms with Gasteiger partial charge in [0.2, 0.25) is 0 Å². The Morgan fingerprint density at radius 2 is 0.938 bits per heavy atom. The number of hydrogen-bond acceptors (Lipinski definition) is 2. The number of carbonyl (C=O) groups is 2. The molecule has 0 aromatic heterocycles. The lowest BCUT2D eigenvalue weighted by atomic mass is 10.1. The predicted octanol–water partition coefficient (Wildman–Crippen LogP) is 3.30. The first-order chi connectivity index (χ1) is 7.56. The van der Waals surface area contributed by atoms with E-state index in [-0.39, 0.29) is 0 Å². The second kappa shape index (κ2) is 13.9. The Kier molecular flexibility index (Phi) is 15.1. The number of carboxylic acids is 2. The Balaban J connectivity index is 0. The van der Waals surface area contributed by atoms with Crippen LogP contribution >= 0.6 is 0 Å². The summed E-state index contributed by atoms with van der Waals surface area (Å²) in [6, 6.07) is 0. The van der Waals surface area contributed by atoms with Gasteiger partial charge in [0, 0.05) is 0 Å². The van der Waals surface area contributed by atoms with E-state index in [1.807, 2.05) is 0 Å². The first-order valence-corrected chi connectivity index (χ1v) is 6.02. The molecule has 0 bridgehead atoms. The van der Waals surface area contributed by atoms with Gasteiger partial charge in [-0.15, -0.1) is 0 Å². The van der Waals surface area contributed by atoms with Gasteiger partial charge in [0.25, 0.3) is 0 Å². The zero-order chi connectivity index (χ0) is 12.8. The summed E-state index contributed by atoms with van der Waals surface area (Å²) in [6.07, 6.45) is 11.5. The molecule has 0 fully saturated rings. The molecule has 0 rings (SSSR count). The largest absolute Gasteiger partial charge is 0.473 e. The van der Waals surface area contributed by atoms with Gasteiger partial charge in [-0.3, -0.25) is 0 Å². The maximum Gasteiger partial charge on any atom is 0.414 e. The Morgan fingerprint density at radius 1 is 0.688 bits per heavy atom. The summed E-state index contributed by atoms with van der Waals surface area (Å²) in [5.41, 5.74) is 0. The number of carboxylic acid groups (broad SMARTS) is 2. The highest BCUT2D eigenvalue weighted by Crippen LogP contribution is 2.07. The topological polar surface area (TPSA) is 74.6 Å². The zero-order valence-corrected chi connectivity index (χ0v) is 10.4. The molecule has 0 atom stereocenters. The van der Waals surface area contributed by atoms with E-state index in [4.69, 9.17) is 19.8 Å². The van der Waals surface area contributed by atoms with Gasteiger partial charge in [-0.05, 0) is 0 Å².